The highest BCUT2D eigenvalue weighted by atomic mass is 19.1. The highest BCUT2D eigenvalue weighted by Gasteiger charge is 2.27. The minimum Gasteiger partial charge on any atom is -0.279 e. The standard InChI is InChI=1S/C22H16F2N4/c23-16-5-3-14(4-6-16)18-9-10-21-26-27-22(15-2-1-11-25-13-15)28(21)20-12-17(24)7-8-19(18)20/h1-8,11-13,18H,9-10H2/t18-/m0/s1. The van der Waals surface area contributed by atoms with Crippen molar-refractivity contribution in [3.63, 3.8) is 0 Å². The van der Waals surface area contributed by atoms with Gasteiger partial charge in [-0.15, -0.1) is 10.2 Å². The van der Waals surface area contributed by atoms with Crippen molar-refractivity contribution in [1.82, 2.24) is 19.7 Å². The zero-order chi connectivity index (χ0) is 19.1. The van der Waals surface area contributed by atoms with Gasteiger partial charge in [-0.3, -0.25) is 9.55 Å². The van der Waals surface area contributed by atoms with Gasteiger partial charge in [-0.2, -0.15) is 0 Å². The van der Waals surface area contributed by atoms with Gasteiger partial charge in [0, 0.05) is 30.3 Å². The molecule has 0 aliphatic carbocycles. The Labute approximate surface area is 160 Å². The summed E-state index contributed by atoms with van der Waals surface area (Å²) in [4.78, 5) is 4.17. The lowest BCUT2D eigenvalue weighted by Gasteiger charge is -2.19. The Morgan fingerprint density at radius 3 is 2.54 bits per heavy atom. The van der Waals surface area contributed by atoms with Gasteiger partial charge in [0.2, 0.25) is 0 Å². The van der Waals surface area contributed by atoms with Crippen LogP contribution < -0.4 is 0 Å². The second kappa shape index (κ2) is 6.64. The Hall–Kier alpha value is -3.41. The second-order valence-electron chi connectivity index (χ2n) is 6.86. The second-order valence-corrected chi connectivity index (χ2v) is 6.86. The van der Waals surface area contributed by atoms with Crippen molar-refractivity contribution in [2.75, 3.05) is 0 Å². The number of rotatable bonds is 2. The van der Waals surface area contributed by atoms with E-state index in [0.717, 1.165) is 28.9 Å². The predicted octanol–water partition coefficient (Wildman–Crippen LogP) is 4.69. The molecule has 4 nitrogen and oxygen atoms in total. The molecule has 1 aliphatic rings. The van der Waals surface area contributed by atoms with Crippen molar-refractivity contribution in [3.8, 4) is 17.1 Å². The number of fused-ring (bicyclic) bond motifs is 3. The fourth-order valence-corrected chi connectivity index (χ4v) is 3.89. The van der Waals surface area contributed by atoms with Crippen molar-refractivity contribution in [2.45, 2.75) is 18.8 Å². The molecule has 0 spiro atoms. The molecule has 1 aliphatic heterocycles. The molecule has 0 fully saturated rings. The van der Waals surface area contributed by atoms with Crippen LogP contribution in [0.4, 0.5) is 8.78 Å². The number of nitrogens with zero attached hydrogens (tertiary/aromatic N) is 4. The number of hydrogen-bond donors (Lipinski definition) is 0. The van der Waals surface area contributed by atoms with Gasteiger partial charge in [0.25, 0.3) is 0 Å². The molecule has 4 aromatic rings. The molecule has 3 heterocycles. The first kappa shape index (κ1) is 16.7. The van der Waals surface area contributed by atoms with Gasteiger partial charge in [-0.1, -0.05) is 18.2 Å². The monoisotopic (exact) mass is 374 g/mol. The van der Waals surface area contributed by atoms with Crippen LogP contribution in [0.2, 0.25) is 0 Å². The van der Waals surface area contributed by atoms with Crippen LogP contribution in [0.3, 0.4) is 0 Å². The van der Waals surface area contributed by atoms with Crippen LogP contribution in [0.15, 0.2) is 67.0 Å². The van der Waals surface area contributed by atoms with E-state index < -0.39 is 0 Å². The van der Waals surface area contributed by atoms with E-state index in [1.165, 1.54) is 24.3 Å². The van der Waals surface area contributed by atoms with E-state index in [2.05, 4.69) is 15.2 Å². The SMILES string of the molecule is Fc1ccc([C@@H]2CCc3nnc(-c4cccnc4)n3-c3cc(F)ccc32)cc1. The minimum absolute atomic E-state index is 0.0136. The summed E-state index contributed by atoms with van der Waals surface area (Å²) in [6, 6.07) is 15.0. The average Bonchev–Trinajstić information content (AvgIpc) is 3.08. The molecule has 2 aromatic heterocycles. The van der Waals surface area contributed by atoms with Gasteiger partial charge in [0.15, 0.2) is 5.82 Å². The van der Waals surface area contributed by atoms with Gasteiger partial charge >= 0.3 is 0 Å². The molecule has 138 valence electrons. The van der Waals surface area contributed by atoms with E-state index in [4.69, 9.17) is 0 Å². The molecule has 6 heteroatoms. The largest absolute Gasteiger partial charge is 0.279 e. The van der Waals surface area contributed by atoms with Gasteiger partial charge in [-0.25, -0.2) is 8.78 Å². The van der Waals surface area contributed by atoms with E-state index in [0.29, 0.717) is 17.9 Å². The third-order valence-electron chi connectivity index (χ3n) is 5.19. The average molecular weight is 374 g/mol. The number of benzene rings is 2. The van der Waals surface area contributed by atoms with Crippen LogP contribution >= 0.6 is 0 Å². The predicted molar refractivity (Wildman–Crippen MR) is 101 cm³/mol. The first-order valence-electron chi connectivity index (χ1n) is 9.10. The van der Waals surface area contributed by atoms with Crippen molar-refractivity contribution in [2.24, 2.45) is 0 Å². The Kier molecular flexibility index (Phi) is 3.97. The number of halogens is 2. The van der Waals surface area contributed by atoms with E-state index in [1.807, 2.05) is 16.7 Å². The molecule has 28 heavy (non-hydrogen) atoms. The van der Waals surface area contributed by atoms with Crippen molar-refractivity contribution in [1.29, 1.82) is 0 Å². The topological polar surface area (TPSA) is 43.6 Å². The number of hydrogen-bond acceptors (Lipinski definition) is 3. The fraction of sp³-hybridized carbons (Fsp3) is 0.136. The summed E-state index contributed by atoms with van der Waals surface area (Å²) in [5.41, 5.74) is 3.50. The Morgan fingerprint density at radius 2 is 1.75 bits per heavy atom. The van der Waals surface area contributed by atoms with Gasteiger partial charge in [-0.05, 0) is 53.9 Å². The minimum atomic E-state index is -0.324. The summed E-state index contributed by atoms with van der Waals surface area (Å²) in [5, 5.41) is 8.72. The zero-order valence-electron chi connectivity index (χ0n) is 14.9. The van der Waals surface area contributed by atoms with Crippen LogP contribution in [-0.2, 0) is 6.42 Å². The van der Waals surface area contributed by atoms with Gasteiger partial charge < -0.3 is 0 Å². The summed E-state index contributed by atoms with van der Waals surface area (Å²) >= 11 is 0. The third kappa shape index (κ3) is 2.78. The maximum atomic E-state index is 14.2. The highest BCUT2D eigenvalue weighted by molar-refractivity contribution is 5.60. The maximum Gasteiger partial charge on any atom is 0.170 e. The Balaban J connectivity index is 1.72. The number of aryl methyl sites for hydroxylation is 1. The van der Waals surface area contributed by atoms with Crippen LogP contribution in [0.25, 0.3) is 17.1 Å². The van der Waals surface area contributed by atoms with Crippen LogP contribution in [-0.4, -0.2) is 19.7 Å². The van der Waals surface area contributed by atoms with Crippen molar-refractivity contribution < 1.29 is 8.78 Å². The molecule has 2 aromatic carbocycles. The Bertz CT molecular complexity index is 1140. The smallest absolute Gasteiger partial charge is 0.170 e. The van der Waals surface area contributed by atoms with E-state index >= 15 is 0 Å². The molecule has 0 bridgehead atoms. The van der Waals surface area contributed by atoms with Crippen LogP contribution in [0.5, 0.6) is 0 Å². The van der Waals surface area contributed by atoms with Crippen LogP contribution in [0.1, 0.15) is 29.3 Å². The van der Waals surface area contributed by atoms with Crippen molar-refractivity contribution >= 4 is 0 Å². The molecule has 1 atom stereocenters. The van der Waals surface area contributed by atoms with E-state index in [9.17, 15) is 8.78 Å². The molecule has 0 amide bonds. The third-order valence-corrected chi connectivity index (χ3v) is 5.19. The maximum absolute atomic E-state index is 14.2. The number of aromatic nitrogens is 4. The summed E-state index contributed by atoms with van der Waals surface area (Å²) in [5.74, 6) is 0.827. The Morgan fingerprint density at radius 1 is 0.929 bits per heavy atom. The molecular formula is C22H16F2N4. The van der Waals surface area contributed by atoms with E-state index in [-0.39, 0.29) is 17.6 Å². The molecule has 5 rings (SSSR count). The first-order chi connectivity index (χ1) is 13.7. The first-order valence-corrected chi connectivity index (χ1v) is 9.10. The molecule has 0 unspecified atom stereocenters. The fourth-order valence-electron chi connectivity index (χ4n) is 3.89. The summed E-state index contributed by atoms with van der Waals surface area (Å²) in [6.07, 6.45) is 4.86. The van der Waals surface area contributed by atoms with Crippen LogP contribution in [0, 0.1) is 11.6 Å². The van der Waals surface area contributed by atoms with E-state index in [1.54, 1.807) is 30.6 Å². The molecule has 0 N–H and O–H groups in total. The number of pyridine rings is 1. The normalized spacial score (nSPS) is 15.6. The quantitative estimate of drug-likeness (QED) is 0.511. The highest BCUT2D eigenvalue weighted by Crippen LogP contribution is 2.38. The lowest BCUT2D eigenvalue weighted by molar-refractivity contribution is 0.623. The van der Waals surface area contributed by atoms with Gasteiger partial charge in [0.05, 0.1) is 5.69 Å². The molecule has 0 saturated heterocycles. The zero-order valence-corrected chi connectivity index (χ0v) is 14.9. The lowest BCUT2D eigenvalue weighted by Crippen LogP contribution is -2.06. The van der Waals surface area contributed by atoms with Gasteiger partial charge in [0.1, 0.15) is 17.5 Å². The summed E-state index contributed by atoms with van der Waals surface area (Å²) in [7, 11) is 0. The summed E-state index contributed by atoms with van der Waals surface area (Å²) < 4.78 is 29.6. The van der Waals surface area contributed by atoms with Crippen molar-refractivity contribution in [3.05, 3.63) is 95.6 Å². The molecular weight excluding hydrogens is 358 g/mol. The molecule has 0 radical (unpaired) electrons. The summed E-state index contributed by atoms with van der Waals surface area (Å²) in [6.45, 7) is 0. The lowest BCUT2D eigenvalue weighted by atomic mass is 9.87. The molecule has 0 saturated carbocycles.